The van der Waals surface area contributed by atoms with Gasteiger partial charge in [-0.1, -0.05) is 13.8 Å². The highest BCUT2D eigenvalue weighted by atomic mass is 16.2. The van der Waals surface area contributed by atoms with E-state index in [1.54, 1.807) is 28.6 Å². The van der Waals surface area contributed by atoms with Crippen LogP contribution in [0.3, 0.4) is 0 Å². The predicted octanol–water partition coefficient (Wildman–Crippen LogP) is 2.98. The third-order valence-corrected chi connectivity index (χ3v) is 4.10. The van der Waals surface area contributed by atoms with E-state index in [0.29, 0.717) is 30.4 Å². The molecule has 24 heavy (non-hydrogen) atoms. The quantitative estimate of drug-likeness (QED) is 0.885. The average Bonchev–Trinajstić information content (AvgIpc) is 2.86. The van der Waals surface area contributed by atoms with Gasteiger partial charge in [0.05, 0.1) is 6.20 Å². The standard InChI is InChI=1S/C18H26N4O2/c1-6-22-16(14(5)11-19-22)20-17(23)15-13(4)8-10-21(18(15)24)9-7-12(2)3/h8,10-12H,6-7,9H2,1-5H3,(H,20,23). The van der Waals surface area contributed by atoms with Crippen molar-refractivity contribution in [1.29, 1.82) is 0 Å². The summed E-state index contributed by atoms with van der Waals surface area (Å²) in [6.45, 7) is 11.1. The van der Waals surface area contributed by atoms with Crippen LogP contribution >= 0.6 is 0 Å². The molecule has 6 heteroatoms. The van der Waals surface area contributed by atoms with Gasteiger partial charge < -0.3 is 9.88 Å². The number of hydrogen-bond acceptors (Lipinski definition) is 3. The first-order valence-corrected chi connectivity index (χ1v) is 8.39. The first-order valence-electron chi connectivity index (χ1n) is 8.39. The Bertz CT molecular complexity index is 787. The zero-order valence-electron chi connectivity index (χ0n) is 15.1. The fourth-order valence-electron chi connectivity index (χ4n) is 2.57. The first kappa shape index (κ1) is 18.0. The van der Waals surface area contributed by atoms with Crippen molar-refractivity contribution in [3.05, 3.63) is 45.5 Å². The van der Waals surface area contributed by atoms with Crippen molar-refractivity contribution in [2.45, 2.75) is 54.1 Å². The van der Waals surface area contributed by atoms with Crippen LogP contribution in [0.15, 0.2) is 23.3 Å². The van der Waals surface area contributed by atoms with E-state index >= 15 is 0 Å². The number of anilines is 1. The molecule has 2 aromatic rings. The molecule has 0 saturated carbocycles. The maximum absolute atomic E-state index is 12.7. The summed E-state index contributed by atoms with van der Waals surface area (Å²) in [5.41, 5.74) is 1.51. The molecule has 0 bridgehead atoms. The highest BCUT2D eigenvalue weighted by Gasteiger charge is 2.18. The van der Waals surface area contributed by atoms with Gasteiger partial charge in [-0.15, -0.1) is 0 Å². The molecule has 0 aromatic carbocycles. The summed E-state index contributed by atoms with van der Waals surface area (Å²) in [4.78, 5) is 25.4. The maximum Gasteiger partial charge on any atom is 0.263 e. The van der Waals surface area contributed by atoms with Crippen LogP contribution in [0.4, 0.5) is 5.82 Å². The molecule has 0 fully saturated rings. The molecule has 130 valence electrons. The van der Waals surface area contributed by atoms with Crippen molar-refractivity contribution < 1.29 is 4.79 Å². The molecule has 6 nitrogen and oxygen atoms in total. The van der Waals surface area contributed by atoms with E-state index in [1.165, 1.54) is 0 Å². The monoisotopic (exact) mass is 330 g/mol. The van der Waals surface area contributed by atoms with Gasteiger partial charge in [0.25, 0.3) is 11.5 Å². The number of hydrogen-bond donors (Lipinski definition) is 1. The molecule has 2 rings (SSSR count). The Labute approximate surface area is 142 Å². The smallest absolute Gasteiger partial charge is 0.263 e. The predicted molar refractivity (Wildman–Crippen MR) is 95.5 cm³/mol. The topological polar surface area (TPSA) is 68.9 Å². The summed E-state index contributed by atoms with van der Waals surface area (Å²) < 4.78 is 3.33. The lowest BCUT2D eigenvalue weighted by molar-refractivity contribution is 0.102. The molecule has 2 aromatic heterocycles. The number of carbonyl (C=O) groups is 1. The molecule has 0 unspecified atom stereocenters. The number of pyridine rings is 1. The lowest BCUT2D eigenvalue weighted by Crippen LogP contribution is -2.31. The molecule has 0 aliphatic heterocycles. The van der Waals surface area contributed by atoms with Crippen LogP contribution in [0.5, 0.6) is 0 Å². The van der Waals surface area contributed by atoms with Gasteiger partial charge in [0.2, 0.25) is 0 Å². The minimum Gasteiger partial charge on any atom is -0.315 e. The van der Waals surface area contributed by atoms with Gasteiger partial charge in [0, 0.05) is 24.8 Å². The lowest BCUT2D eigenvalue weighted by atomic mass is 10.1. The summed E-state index contributed by atoms with van der Waals surface area (Å²) in [7, 11) is 0. The molecule has 0 spiro atoms. The molecule has 0 aliphatic carbocycles. The Morgan fingerprint density at radius 1 is 1.29 bits per heavy atom. The summed E-state index contributed by atoms with van der Waals surface area (Å²) in [5.74, 6) is 0.755. The summed E-state index contributed by atoms with van der Waals surface area (Å²) in [5, 5.41) is 7.06. The minimum atomic E-state index is -0.380. The molecule has 1 amide bonds. The number of rotatable bonds is 6. The van der Waals surface area contributed by atoms with Crippen LogP contribution in [-0.4, -0.2) is 20.3 Å². The molecule has 0 atom stereocenters. The number of nitrogens with one attached hydrogen (secondary N) is 1. The van der Waals surface area contributed by atoms with Crippen LogP contribution in [0.1, 0.15) is 48.7 Å². The Balaban J connectivity index is 2.33. The zero-order valence-corrected chi connectivity index (χ0v) is 15.1. The van der Waals surface area contributed by atoms with Crippen molar-refractivity contribution >= 4 is 11.7 Å². The molecular formula is C18H26N4O2. The van der Waals surface area contributed by atoms with E-state index in [1.807, 2.05) is 19.9 Å². The minimum absolute atomic E-state index is 0.199. The van der Waals surface area contributed by atoms with Gasteiger partial charge >= 0.3 is 0 Å². The van der Waals surface area contributed by atoms with Crippen LogP contribution < -0.4 is 10.9 Å². The van der Waals surface area contributed by atoms with Crippen molar-refractivity contribution in [3.63, 3.8) is 0 Å². The van der Waals surface area contributed by atoms with Gasteiger partial charge in [0.1, 0.15) is 11.4 Å². The van der Waals surface area contributed by atoms with Crippen LogP contribution in [0.25, 0.3) is 0 Å². The Hall–Kier alpha value is -2.37. The Morgan fingerprint density at radius 3 is 2.62 bits per heavy atom. The molecule has 0 radical (unpaired) electrons. The second-order valence-electron chi connectivity index (χ2n) is 6.50. The van der Waals surface area contributed by atoms with Gasteiger partial charge in [-0.2, -0.15) is 5.10 Å². The number of carbonyl (C=O) groups excluding carboxylic acids is 1. The van der Waals surface area contributed by atoms with Gasteiger partial charge in [-0.05, 0) is 44.7 Å². The van der Waals surface area contributed by atoms with Crippen LogP contribution in [0.2, 0.25) is 0 Å². The summed E-state index contributed by atoms with van der Waals surface area (Å²) >= 11 is 0. The fraction of sp³-hybridized carbons (Fsp3) is 0.500. The van der Waals surface area contributed by atoms with E-state index in [2.05, 4.69) is 24.3 Å². The largest absolute Gasteiger partial charge is 0.315 e. The normalized spacial score (nSPS) is 11.1. The Morgan fingerprint density at radius 2 is 2.00 bits per heavy atom. The fourth-order valence-corrected chi connectivity index (χ4v) is 2.57. The zero-order chi connectivity index (χ0) is 17.9. The van der Waals surface area contributed by atoms with Crippen molar-refractivity contribution in [2.24, 2.45) is 5.92 Å². The number of aromatic nitrogens is 3. The van der Waals surface area contributed by atoms with E-state index in [9.17, 15) is 9.59 Å². The average molecular weight is 330 g/mol. The third kappa shape index (κ3) is 3.75. The van der Waals surface area contributed by atoms with Gasteiger partial charge in [0.15, 0.2) is 0 Å². The third-order valence-electron chi connectivity index (χ3n) is 4.10. The van der Waals surface area contributed by atoms with Crippen molar-refractivity contribution in [3.8, 4) is 0 Å². The molecule has 0 saturated heterocycles. The highest BCUT2D eigenvalue weighted by molar-refractivity contribution is 6.04. The number of nitrogens with zero attached hydrogens (tertiary/aromatic N) is 3. The second-order valence-corrected chi connectivity index (χ2v) is 6.50. The van der Waals surface area contributed by atoms with Crippen LogP contribution in [0, 0.1) is 19.8 Å². The molecule has 0 aliphatic rings. The molecule has 2 heterocycles. The number of amides is 1. The molecule has 1 N–H and O–H groups in total. The van der Waals surface area contributed by atoms with E-state index < -0.39 is 0 Å². The maximum atomic E-state index is 12.7. The molecular weight excluding hydrogens is 304 g/mol. The van der Waals surface area contributed by atoms with Crippen molar-refractivity contribution in [1.82, 2.24) is 14.3 Å². The summed E-state index contributed by atoms with van der Waals surface area (Å²) in [6, 6.07) is 1.82. The van der Waals surface area contributed by atoms with Crippen molar-refractivity contribution in [2.75, 3.05) is 5.32 Å². The van der Waals surface area contributed by atoms with Gasteiger partial charge in [-0.3, -0.25) is 9.59 Å². The Kier molecular flexibility index (Phi) is 5.59. The van der Waals surface area contributed by atoms with Gasteiger partial charge in [-0.25, -0.2) is 4.68 Å². The SMILES string of the molecule is CCn1ncc(C)c1NC(=O)c1c(C)ccn(CCC(C)C)c1=O. The highest BCUT2D eigenvalue weighted by Crippen LogP contribution is 2.15. The lowest BCUT2D eigenvalue weighted by Gasteiger charge is -2.13. The van der Waals surface area contributed by atoms with Crippen LogP contribution in [-0.2, 0) is 13.1 Å². The van der Waals surface area contributed by atoms with E-state index in [4.69, 9.17) is 0 Å². The number of aryl methyl sites for hydroxylation is 4. The summed E-state index contributed by atoms with van der Waals surface area (Å²) in [6.07, 6.45) is 4.36. The first-order chi connectivity index (χ1) is 11.3. The van der Waals surface area contributed by atoms with E-state index in [-0.39, 0.29) is 17.0 Å². The van der Waals surface area contributed by atoms with E-state index in [0.717, 1.165) is 12.0 Å². The second kappa shape index (κ2) is 7.47.